The highest BCUT2D eigenvalue weighted by Crippen LogP contribution is 2.60. The summed E-state index contributed by atoms with van der Waals surface area (Å²) in [6.45, 7) is -0.361. The second-order valence-electron chi connectivity index (χ2n) is 4.45. The van der Waals surface area contributed by atoms with Crippen molar-refractivity contribution >= 4 is 7.60 Å². The molecular weight excluding hydrogens is 289 g/mol. The Bertz CT molecular complexity index is 294. The van der Waals surface area contributed by atoms with E-state index in [0.717, 1.165) is 0 Å². The Hall–Kier alpha value is -0.270. The van der Waals surface area contributed by atoms with Crippen molar-refractivity contribution in [1.82, 2.24) is 0 Å². The van der Waals surface area contributed by atoms with Crippen LogP contribution in [-0.4, -0.2) is 30.7 Å². The standard InChI is InChI=1S/C8H13F6O3P/c1-6(2,3)18(15,16-4-7(9,10)11)17-5-8(12,13)14/h4-5H2,1-3H3. The number of hydrogen-bond donors (Lipinski definition) is 0. The van der Waals surface area contributed by atoms with Crippen LogP contribution in [0, 0.1) is 0 Å². The van der Waals surface area contributed by atoms with Gasteiger partial charge in [0, 0.05) is 0 Å². The lowest BCUT2D eigenvalue weighted by Crippen LogP contribution is -2.26. The van der Waals surface area contributed by atoms with Gasteiger partial charge in [-0.3, -0.25) is 13.6 Å². The molecule has 0 aromatic heterocycles. The van der Waals surface area contributed by atoms with Crippen LogP contribution in [0.5, 0.6) is 0 Å². The maximum Gasteiger partial charge on any atom is 0.412 e. The number of halogens is 6. The molecule has 0 bridgehead atoms. The molecule has 0 unspecified atom stereocenters. The van der Waals surface area contributed by atoms with Gasteiger partial charge in [0.25, 0.3) is 0 Å². The van der Waals surface area contributed by atoms with Crippen molar-refractivity contribution < 1.29 is 40.0 Å². The van der Waals surface area contributed by atoms with Crippen molar-refractivity contribution in [3.63, 3.8) is 0 Å². The normalized spacial score (nSPS) is 14.9. The molecular formula is C8H13F6O3P. The van der Waals surface area contributed by atoms with Crippen LogP contribution >= 0.6 is 7.60 Å². The fraction of sp³-hybridized carbons (Fsp3) is 1.00. The molecule has 0 spiro atoms. The second-order valence-corrected chi connectivity index (χ2v) is 7.30. The van der Waals surface area contributed by atoms with Crippen molar-refractivity contribution in [3.05, 3.63) is 0 Å². The maximum atomic E-state index is 11.9. The molecule has 0 aliphatic carbocycles. The van der Waals surface area contributed by atoms with Crippen molar-refractivity contribution in [1.29, 1.82) is 0 Å². The van der Waals surface area contributed by atoms with Gasteiger partial charge in [0.15, 0.2) is 13.2 Å². The molecule has 10 heteroatoms. The first-order valence-corrected chi connectivity index (χ1v) is 6.23. The van der Waals surface area contributed by atoms with Gasteiger partial charge in [-0.15, -0.1) is 0 Å². The molecule has 0 aromatic carbocycles. The van der Waals surface area contributed by atoms with E-state index in [9.17, 15) is 30.9 Å². The number of hydrogen-bond acceptors (Lipinski definition) is 3. The molecule has 18 heavy (non-hydrogen) atoms. The molecule has 0 saturated carbocycles. The van der Waals surface area contributed by atoms with Gasteiger partial charge in [0.05, 0.1) is 5.16 Å². The third-order valence-corrected chi connectivity index (χ3v) is 4.20. The molecule has 0 radical (unpaired) electrons. The summed E-state index contributed by atoms with van der Waals surface area (Å²) in [7, 11) is -4.54. The van der Waals surface area contributed by atoms with Crippen molar-refractivity contribution in [2.24, 2.45) is 0 Å². The van der Waals surface area contributed by atoms with E-state index in [1.807, 2.05) is 0 Å². The van der Waals surface area contributed by atoms with Crippen LogP contribution in [0.1, 0.15) is 20.8 Å². The second kappa shape index (κ2) is 5.38. The van der Waals surface area contributed by atoms with Crippen LogP contribution in [0.2, 0.25) is 0 Å². The van der Waals surface area contributed by atoms with Crippen LogP contribution < -0.4 is 0 Å². The SMILES string of the molecule is CC(C)(C)P(=O)(OCC(F)(F)F)OCC(F)(F)F. The van der Waals surface area contributed by atoms with E-state index in [1.54, 1.807) is 0 Å². The molecule has 0 N–H and O–H groups in total. The lowest BCUT2D eigenvalue weighted by atomic mass is 10.3. The zero-order valence-electron chi connectivity index (χ0n) is 9.85. The van der Waals surface area contributed by atoms with Gasteiger partial charge in [-0.1, -0.05) is 0 Å². The van der Waals surface area contributed by atoms with E-state index in [-0.39, 0.29) is 0 Å². The minimum atomic E-state index is -4.80. The van der Waals surface area contributed by atoms with Crippen molar-refractivity contribution in [3.8, 4) is 0 Å². The Labute approximate surface area is 100.0 Å². The minimum Gasteiger partial charge on any atom is -0.299 e. The van der Waals surface area contributed by atoms with E-state index in [0.29, 0.717) is 0 Å². The topological polar surface area (TPSA) is 35.5 Å². The monoisotopic (exact) mass is 302 g/mol. The van der Waals surface area contributed by atoms with E-state index in [4.69, 9.17) is 0 Å². The fourth-order valence-corrected chi connectivity index (χ4v) is 2.22. The molecule has 110 valence electrons. The van der Waals surface area contributed by atoms with Gasteiger partial charge >= 0.3 is 19.9 Å². The summed E-state index contributed by atoms with van der Waals surface area (Å²) in [5.74, 6) is 0. The predicted molar refractivity (Wildman–Crippen MR) is 51.4 cm³/mol. The molecule has 0 aromatic rings. The van der Waals surface area contributed by atoms with E-state index in [2.05, 4.69) is 9.05 Å². The third-order valence-electron chi connectivity index (χ3n) is 1.62. The zero-order chi connectivity index (χ0) is 14.8. The average molecular weight is 302 g/mol. The third kappa shape index (κ3) is 6.61. The fourth-order valence-electron chi connectivity index (χ4n) is 0.741. The number of rotatable bonds is 4. The van der Waals surface area contributed by atoms with Gasteiger partial charge in [0.1, 0.15) is 0 Å². The Morgan fingerprint density at radius 2 is 1.11 bits per heavy atom. The minimum absolute atomic E-state index is 1.17. The zero-order valence-corrected chi connectivity index (χ0v) is 10.7. The molecule has 0 aliphatic rings. The van der Waals surface area contributed by atoms with E-state index >= 15 is 0 Å². The Morgan fingerprint density at radius 3 is 1.28 bits per heavy atom. The Balaban J connectivity index is 4.82. The van der Waals surface area contributed by atoms with Gasteiger partial charge in [0.2, 0.25) is 0 Å². The predicted octanol–water partition coefficient (Wildman–Crippen LogP) is 4.14. The van der Waals surface area contributed by atoms with Gasteiger partial charge in [-0.05, 0) is 20.8 Å². The first-order valence-electron chi connectivity index (χ1n) is 4.69. The van der Waals surface area contributed by atoms with Crippen LogP contribution in [0.3, 0.4) is 0 Å². The van der Waals surface area contributed by atoms with Gasteiger partial charge in [-0.25, -0.2) is 0 Å². The summed E-state index contributed by atoms with van der Waals surface area (Å²) in [6.07, 6.45) is -9.61. The van der Waals surface area contributed by atoms with Crippen molar-refractivity contribution in [2.75, 3.05) is 13.2 Å². The average Bonchev–Trinajstić information content (AvgIpc) is 2.07. The largest absolute Gasteiger partial charge is 0.412 e. The molecule has 0 heterocycles. The van der Waals surface area contributed by atoms with Gasteiger partial charge < -0.3 is 0 Å². The van der Waals surface area contributed by atoms with E-state index < -0.39 is 38.3 Å². The lowest BCUT2D eigenvalue weighted by molar-refractivity contribution is -0.166. The van der Waals surface area contributed by atoms with Crippen molar-refractivity contribution in [2.45, 2.75) is 38.3 Å². The number of alkyl halides is 6. The van der Waals surface area contributed by atoms with Crippen LogP contribution in [-0.2, 0) is 13.6 Å². The molecule has 0 aliphatic heterocycles. The smallest absolute Gasteiger partial charge is 0.299 e. The van der Waals surface area contributed by atoms with Crippen LogP contribution in [0.25, 0.3) is 0 Å². The summed E-state index contributed by atoms with van der Waals surface area (Å²) in [5.41, 5.74) is 0. The highest BCUT2D eigenvalue weighted by atomic mass is 31.2. The van der Waals surface area contributed by atoms with E-state index in [1.165, 1.54) is 20.8 Å². The quantitative estimate of drug-likeness (QED) is 0.578. The highest BCUT2D eigenvalue weighted by Gasteiger charge is 2.45. The molecule has 0 saturated heterocycles. The summed E-state index contributed by atoms with van der Waals surface area (Å²) >= 11 is 0. The lowest BCUT2D eigenvalue weighted by Gasteiger charge is -2.30. The molecule has 0 amide bonds. The molecule has 0 rings (SSSR count). The molecule has 3 nitrogen and oxygen atoms in total. The Kier molecular flexibility index (Phi) is 5.30. The maximum absolute atomic E-state index is 11.9. The summed E-state index contributed by atoms with van der Waals surface area (Å²) < 4.78 is 91.6. The highest BCUT2D eigenvalue weighted by molar-refractivity contribution is 7.55. The van der Waals surface area contributed by atoms with Crippen LogP contribution in [0.4, 0.5) is 26.3 Å². The Morgan fingerprint density at radius 1 is 0.833 bits per heavy atom. The summed E-state index contributed by atoms with van der Waals surface area (Å²) in [5, 5.41) is -1.50. The molecule has 0 atom stereocenters. The molecule has 0 fully saturated rings. The summed E-state index contributed by atoms with van der Waals surface area (Å²) in [4.78, 5) is 0. The first kappa shape index (κ1) is 17.7. The summed E-state index contributed by atoms with van der Waals surface area (Å²) in [6, 6.07) is 0. The van der Waals surface area contributed by atoms with Gasteiger partial charge in [-0.2, -0.15) is 26.3 Å². The first-order chi connectivity index (χ1) is 7.66. The van der Waals surface area contributed by atoms with Crippen LogP contribution in [0.15, 0.2) is 0 Å².